The minimum absolute atomic E-state index is 0.867. The number of benzene rings is 1. The Bertz CT molecular complexity index is 480. The Morgan fingerprint density at radius 3 is 2.58 bits per heavy atom. The highest BCUT2D eigenvalue weighted by Crippen LogP contribution is 2.37. The largest absolute Gasteiger partial charge is 0.300 e. The van der Waals surface area contributed by atoms with Gasteiger partial charge < -0.3 is 4.90 Å². The Kier molecular flexibility index (Phi) is 6.38. The molecule has 0 bridgehead atoms. The van der Waals surface area contributed by atoms with Crippen molar-refractivity contribution in [3.63, 3.8) is 0 Å². The van der Waals surface area contributed by atoms with Crippen molar-refractivity contribution in [3.8, 4) is 0 Å². The summed E-state index contributed by atoms with van der Waals surface area (Å²) in [7, 11) is 0. The maximum Gasteiger partial charge on any atom is 0.00981 e. The lowest BCUT2D eigenvalue weighted by Gasteiger charge is -2.40. The Morgan fingerprint density at radius 1 is 1.08 bits per heavy atom. The summed E-state index contributed by atoms with van der Waals surface area (Å²) in [5, 5.41) is 0. The van der Waals surface area contributed by atoms with E-state index in [0.717, 1.165) is 29.7 Å². The number of aryl methyl sites for hydroxylation is 1. The van der Waals surface area contributed by atoms with Crippen LogP contribution in [-0.2, 0) is 6.42 Å². The summed E-state index contributed by atoms with van der Waals surface area (Å²) >= 11 is 0. The molecule has 0 spiro atoms. The van der Waals surface area contributed by atoms with E-state index in [9.17, 15) is 0 Å². The van der Waals surface area contributed by atoms with Crippen LogP contribution in [0.3, 0.4) is 0 Å². The van der Waals surface area contributed by atoms with Gasteiger partial charge in [0.1, 0.15) is 0 Å². The zero-order chi connectivity index (χ0) is 16.9. The van der Waals surface area contributed by atoms with Crippen molar-refractivity contribution in [2.45, 2.75) is 71.8 Å². The fraction of sp³-hybridized carbons (Fsp3) is 0.739. The van der Waals surface area contributed by atoms with Crippen LogP contribution < -0.4 is 0 Å². The summed E-state index contributed by atoms with van der Waals surface area (Å²) in [5.41, 5.74) is 1.51. The molecule has 3 rings (SSSR count). The first-order valence-electron chi connectivity index (χ1n) is 10.4. The molecule has 24 heavy (non-hydrogen) atoms. The highest BCUT2D eigenvalue weighted by atomic mass is 15.2. The normalized spacial score (nSPS) is 31.7. The molecule has 4 unspecified atom stereocenters. The smallest absolute Gasteiger partial charge is 0.00981 e. The SMILES string of the molecule is CC(C)CC1CCC(N2CCC(CCc3ccccc3)C(C)C2)C1. The zero-order valence-corrected chi connectivity index (χ0v) is 16.1. The maximum atomic E-state index is 2.85. The third-order valence-corrected chi connectivity index (χ3v) is 6.60. The van der Waals surface area contributed by atoms with E-state index < -0.39 is 0 Å². The molecule has 0 aromatic heterocycles. The van der Waals surface area contributed by atoms with Crippen LogP contribution in [0.25, 0.3) is 0 Å². The second-order valence-corrected chi connectivity index (χ2v) is 9.01. The molecule has 4 atom stereocenters. The third kappa shape index (κ3) is 4.85. The quantitative estimate of drug-likeness (QED) is 0.639. The lowest BCUT2D eigenvalue weighted by molar-refractivity contribution is 0.0849. The van der Waals surface area contributed by atoms with Gasteiger partial charge in [-0.2, -0.15) is 0 Å². The molecular formula is C23H37N. The van der Waals surface area contributed by atoms with Gasteiger partial charge in [0.05, 0.1) is 0 Å². The first-order valence-corrected chi connectivity index (χ1v) is 10.4. The lowest BCUT2D eigenvalue weighted by atomic mass is 9.82. The number of piperidine rings is 1. The van der Waals surface area contributed by atoms with Gasteiger partial charge in [-0.05, 0) is 80.7 Å². The van der Waals surface area contributed by atoms with Crippen LogP contribution >= 0.6 is 0 Å². The van der Waals surface area contributed by atoms with Gasteiger partial charge in [-0.15, -0.1) is 0 Å². The molecule has 0 radical (unpaired) electrons. The van der Waals surface area contributed by atoms with Crippen LogP contribution in [0.5, 0.6) is 0 Å². The average molecular weight is 328 g/mol. The number of nitrogens with zero attached hydrogens (tertiary/aromatic N) is 1. The fourth-order valence-corrected chi connectivity index (χ4v) is 5.24. The second kappa shape index (κ2) is 8.52. The molecule has 134 valence electrons. The van der Waals surface area contributed by atoms with Gasteiger partial charge in [0, 0.05) is 12.6 Å². The minimum atomic E-state index is 0.867. The van der Waals surface area contributed by atoms with E-state index in [-0.39, 0.29) is 0 Å². The number of rotatable bonds is 6. The summed E-state index contributed by atoms with van der Waals surface area (Å²) in [5.74, 6) is 3.67. The van der Waals surface area contributed by atoms with E-state index in [1.54, 1.807) is 0 Å². The van der Waals surface area contributed by atoms with Crippen molar-refractivity contribution in [2.24, 2.45) is 23.7 Å². The molecule has 1 heterocycles. The van der Waals surface area contributed by atoms with Crippen molar-refractivity contribution in [2.75, 3.05) is 13.1 Å². The van der Waals surface area contributed by atoms with Crippen molar-refractivity contribution in [3.05, 3.63) is 35.9 Å². The molecule has 0 N–H and O–H groups in total. The van der Waals surface area contributed by atoms with Crippen LogP contribution in [0.2, 0.25) is 0 Å². The minimum Gasteiger partial charge on any atom is -0.300 e. The van der Waals surface area contributed by atoms with Gasteiger partial charge in [0.25, 0.3) is 0 Å². The molecule has 2 fully saturated rings. The molecule has 1 aliphatic carbocycles. The van der Waals surface area contributed by atoms with Crippen LogP contribution in [0.1, 0.15) is 64.9 Å². The van der Waals surface area contributed by atoms with Gasteiger partial charge >= 0.3 is 0 Å². The van der Waals surface area contributed by atoms with E-state index in [2.05, 4.69) is 56.0 Å². The molecule has 1 aromatic carbocycles. The van der Waals surface area contributed by atoms with E-state index in [0.29, 0.717) is 0 Å². The topological polar surface area (TPSA) is 3.24 Å². The summed E-state index contributed by atoms with van der Waals surface area (Å²) in [4.78, 5) is 2.85. The second-order valence-electron chi connectivity index (χ2n) is 9.01. The van der Waals surface area contributed by atoms with E-state index >= 15 is 0 Å². The Labute approximate surface area is 149 Å². The molecule has 1 saturated carbocycles. The van der Waals surface area contributed by atoms with Gasteiger partial charge in [-0.1, -0.05) is 51.1 Å². The van der Waals surface area contributed by atoms with Crippen molar-refractivity contribution < 1.29 is 0 Å². The van der Waals surface area contributed by atoms with Crippen molar-refractivity contribution in [1.29, 1.82) is 0 Å². The summed E-state index contributed by atoms with van der Waals surface area (Å²) in [6.07, 6.45) is 9.90. The molecular weight excluding hydrogens is 290 g/mol. The first-order chi connectivity index (χ1) is 11.6. The molecule has 1 heteroatoms. The standard InChI is InChI=1S/C23H37N/c1-18(2)15-21-10-12-23(16-21)24-14-13-22(19(3)17-24)11-9-20-7-5-4-6-8-20/h4-8,18-19,21-23H,9-17H2,1-3H3. The predicted molar refractivity (Wildman–Crippen MR) is 104 cm³/mol. The molecule has 1 saturated heterocycles. The molecule has 0 amide bonds. The number of hydrogen-bond acceptors (Lipinski definition) is 1. The van der Waals surface area contributed by atoms with Crippen molar-refractivity contribution in [1.82, 2.24) is 4.90 Å². The zero-order valence-electron chi connectivity index (χ0n) is 16.1. The number of hydrogen-bond donors (Lipinski definition) is 0. The summed E-state index contributed by atoms with van der Waals surface area (Å²) in [6.45, 7) is 9.96. The van der Waals surface area contributed by atoms with E-state index in [4.69, 9.17) is 0 Å². The van der Waals surface area contributed by atoms with Gasteiger partial charge in [-0.25, -0.2) is 0 Å². The van der Waals surface area contributed by atoms with Crippen LogP contribution in [0.15, 0.2) is 30.3 Å². The van der Waals surface area contributed by atoms with E-state index in [1.165, 1.54) is 63.6 Å². The maximum absolute atomic E-state index is 2.85. The Morgan fingerprint density at radius 2 is 1.88 bits per heavy atom. The highest BCUT2D eigenvalue weighted by molar-refractivity contribution is 5.14. The molecule has 1 aromatic rings. The molecule has 2 aliphatic rings. The van der Waals surface area contributed by atoms with Gasteiger partial charge in [-0.3, -0.25) is 0 Å². The lowest BCUT2D eigenvalue weighted by Crippen LogP contribution is -2.44. The Hall–Kier alpha value is -0.820. The Balaban J connectivity index is 1.44. The summed E-state index contributed by atoms with van der Waals surface area (Å²) in [6, 6.07) is 11.9. The number of likely N-dealkylation sites (tertiary alicyclic amines) is 1. The molecule has 1 aliphatic heterocycles. The summed E-state index contributed by atoms with van der Waals surface area (Å²) < 4.78 is 0. The highest BCUT2D eigenvalue weighted by Gasteiger charge is 2.34. The fourth-order valence-electron chi connectivity index (χ4n) is 5.24. The van der Waals surface area contributed by atoms with Crippen LogP contribution in [-0.4, -0.2) is 24.0 Å². The van der Waals surface area contributed by atoms with E-state index in [1.807, 2.05) is 0 Å². The van der Waals surface area contributed by atoms with Gasteiger partial charge in [0.15, 0.2) is 0 Å². The van der Waals surface area contributed by atoms with Crippen LogP contribution in [0, 0.1) is 23.7 Å². The van der Waals surface area contributed by atoms with Gasteiger partial charge in [0.2, 0.25) is 0 Å². The first kappa shape index (κ1) is 18.0. The molecule has 1 nitrogen and oxygen atoms in total. The monoisotopic (exact) mass is 327 g/mol. The van der Waals surface area contributed by atoms with Crippen molar-refractivity contribution >= 4 is 0 Å². The van der Waals surface area contributed by atoms with Crippen LogP contribution in [0.4, 0.5) is 0 Å². The predicted octanol–water partition coefficient (Wildman–Crippen LogP) is 5.79. The third-order valence-electron chi connectivity index (χ3n) is 6.60. The average Bonchev–Trinajstić information content (AvgIpc) is 3.02.